The van der Waals surface area contributed by atoms with Crippen molar-refractivity contribution in [2.75, 3.05) is 13.2 Å². The summed E-state index contributed by atoms with van der Waals surface area (Å²) in [5.74, 6) is 1.78. The Labute approximate surface area is 111 Å². The number of aldehydes is 1. The molecule has 1 unspecified atom stereocenters. The third-order valence-corrected chi connectivity index (χ3v) is 3.28. The lowest BCUT2D eigenvalue weighted by molar-refractivity contribution is 0.111. The van der Waals surface area contributed by atoms with Crippen LogP contribution in [0.5, 0.6) is 11.5 Å². The van der Waals surface area contributed by atoms with E-state index < -0.39 is 0 Å². The van der Waals surface area contributed by atoms with Gasteiger partial charge in [0.15, 0.2) is 6.29 Å². The maximum atomic E-state index is 10.9. The molecule has 1 aliphatic heterocycles. The Kier molecular flexibility index (Phi) is 3.19. The van der Waals surface area contributed by atoms with E-state index >= 15 is 0 Å². The minimum absolute atomic E-state index is 0.218. The van der Waals surface area contributed by atoms with Crippen LogP contribution in [0.4, 0.5) is 0 Å². The summed E-state index contributed by atoms with van der Waals surface area (Å²) < 4.78 is 11.4. The largest absolute Gasteiger partial charge is 0.493 e. The van der Waals surface area contributed by atoms with Crippen molar-refractivity contribution in [3.8, 4) is 11.5 Å². The first-order valence-electron chi connectivity index (χ1n) is 6.27. The quantitative estimate of drug-likeness (QED) is 0.787. The van der Waals surface area contributed by atoms with Crippen LogP contribution in [-0.4, -0.2) is 19.5 Å². The molecule has 0 spiro atoms. The molecule has 0 aromatic heterocycles. The van der Waals surface area contributed by atoms with Gasteiger partial charge in [-0.15, -0.1) is 0 Å². The van der Waals surface area contributed by atoms with Crippen molar-refractivity contribution in [2.24, 2.45) is 0 Å². The van der Waals surface area contributed by atoms with E-state index in [2.05, 4.69) is 6.07 Å². The van der Waals surface area contributed by atoms with Crippen LogP contribution in [-0.2, 0) is 0 Å². The van der Waals surface area contributed by atoms with Gasteiger partial charge >= 0.3 is 0 Å². The lowest BCUT2D eigenvalue weighted by atomic mass is 10.0. The van der Waals surface area contributed by atoms with Crippen molar-refractivity contribution >= 4 is 6.29 Å². The highest BCUT2D eigenvalue weighted by atomic mass is 16.5. The molecule has 0 saturated carbocycles. The molecule has 1 atom stereocenters. The van der Waals surface area contributed by atoms with Gasteiger partial charge in [-0.1, -0.05) is 30.3 Å². The molecule has 0 radical (unpaired) electrons. The Morgan fingerprint density at radius 1 is 1.16 bits per heavy atom. The third-order valence-electron chi connectivity index (χ3n) is 3.28. The Bertz CT molecular complexity index is 592. The summed E-state index contributed by atoms with van der Waals surface area (Å²) in [4.78, 5) is 10.9. The fourth-order valence-corrected chi connectivity index (χ4v) is 2.27. The standard InChI is InChI=1S/C16H14O3/c17-9-12-5-1-3-7-15(12)18-10-13-11-19-16-8-4-2-6-14(13)16/h1-9,13H,10-11H2. The average Bonchev–Trinajstić information content (AvgIpc) is 2.89. The van der Waals surface area contributed by atoms with E-state index in [4.69, 9.17) is 9.47 Å². The molecule has 96 valence electrons. The van der Waals surface area contributed by atoms with Crippen LogP contribution >= 0.6 is 0 Å². The third kappa shape index (κ3) is 2.32. The highest BCUT2D eigenvalue weighted by Crippen LogP contribution is 2.33. The molecule has 19 heavy (non-hydrogen) atoms. The van der Waals surface area contributed by atoms with E-state index in [0.29, 0.717) is 24.5 Å². The zero-order valence-corrected chi connectivity index (χ0v) is 10.4. The minimum Gasteiger partial charge on any atom is -0.493 e. The van der Waals surface area contributed by atoms with Crippen LogP contribution in [0.3, 0.4) is 0 Å². The number of carbonyl (C=O) groups is 1. The van der Waals surface area contributed by atoms with E-state index in [0.717, 1.165) is 12.0 Å². The van der Waals surface area contributed by atoms with Crippen LogP contribution in [0, 0.1) is 0 Å². The Hall–Kier alpha value is -2.29. The first-order valence-corrected chi connectivity index (χ1v) is 6.27. The Balaban J connectivity index is 1.72. The summed E-state index contributed by atoms with van der Waals surface area (Å²) in [6.45, 7) is 1.14. The number of fused-ring (bicyclic) bond motifs is 1. The number of benzene rings is 2. The topological polar surface area (TPSA) is 35.5 Å². The number of rotatable bonds is 4. The van der Waals surface area contributed by atoms with E-state index in [9.17, 15) is 4.79 Å². The minimum atomic E-state index is 0.218. The number of carbonyl (C=O) groups excluding carboxylic acids is 1. The normalized spacial score (nSPS) is 16.5. The molecule has 1 heterocycles. The zero-order valence-electron chi connectivity index (χ0n) is 10.4. The number of ether oxygens (including phenoxy) is 2. The maximum Gasteiger partial charge on any atom is 0.153 e. The van der Waals surface area contributed by atoms with Gasteiger partial charge in [-0.05, 0) is 18.2 Å². The van der Waals surface area contributed by atoms with Crippen molar-refractivity contribution in [1.82, 2.24) is 0 Å². The molecule has 2 aromatic rings. The SMILES string of the molecule is O=Cc1ccccc1OCC1COc2ccccc21. The highest BCUT2D eigenvalue weighted by Gasteiger charge is 2.24. The summed E-state index contributed by atoms with van der Waals surface area (Å²) in [5, 5.41) is 0. The summed E-state index contributed by atoms with van der Waals surface area (Å²) in [7, 11) is 0. The molecule has 2 aromatic carbocycles. The second-order valence-corrected chi connectivity index (χ2v) is 4.51. The van der Waals surface area contributed by atoms with Gasteiger partial charge in [0.2, 0.25) is 0 Å². The lowest BCUT2D eigenvalue weighted by Gasteiger charge is -2.12. The van der Waals surface area contributed by atoms with Crippen molar-refractivity contribution < 1.29 is 14.3 Å². The molecule has 1 aliphatic rings. The molecule has 0 aliphatic carbocycles. The smallest absolute Gasteiger partial charge is 0.153 e. The maximum absolute atomic E-state index is 10.9. The van der Waals surface area contributed by atoms with Crippen LogP contribution in [0.15, 0.2) is 48.5 Å². The van der Waals surface area contributed by atoms with Crippen molar-refractivity contribution in [3.05, 3.63) is 59.7 Å². The van der Waals surface area contributed by atoms with E-state index in [1.54, 1.807) is 6.07 Å². The van der Waals surface area contributed by atoms with Crippen LogP contribution in [0.1, 0.15) is 21.8 Å². The fourth-order valence-electron chi connectivity index (χ4n) is 2.27. The molecule has 3 nitrogen and oxygen atoms in total. The molecule has 3 heteroatoms. The van der Waals surface area contributed by atoms with Crippen molar-refractivity contribution in [3.63, 3.8) is 0 Å². The summed E-state index contributed by atoms with van der Waals surface area (Å²) >= 11 is 0. The predicted molar refractivity (Wildman–Crippen MR) is 72.0 cm³/mol. The van der Waals surface area contributed by atoms with Gasteiger partial charge in [-0.2, -0.15) is 0 Å². The molecule has 0 bridgehead atoms. The fraction of sp³-hybridized carbons (Fsp3) is 0.188. The van der Waals surface area contributed by atoms with Gasteiger partial charge in [0.25, 0.3) is 0 Å². The summed E-state index contributed by atoms with van der Waals surface area (Å²) in [6.07, 6.45) is 0.814. The molecular weight excluding hydrogens is 240 g/mol. The highest BCUT2D eigenvalue weighted by molar-refractivity contribution is 5.79. The van der Waals surface area contributed by atoms with E-state index in [1.165, 1.54) is 5.56 Å². The molecular formula is C16H14O3. The van der Waals surface area contributed by atoms with Crippen molar-refractivity contribution in [1.29, 1.82) is 0 Å². The summed E-state index contributed by atoms with van der Waals surface area (Å²) in [5.41, 5.74) is 1.75. The Morgan fingerprint density at radius 2 is 1.95 bits per heavy atom. The van der Waals surface area contributed by atoms with Crippen LogP contribution in [0.25, 0.3) is 0 Å². The van der Waals surface area contributed by atoms with Crippen LogP contribution < -0.4 is 9.47 Å². The molecule has 0 fully saturated rings. The van der Waals surface area contributed by atoms with Gasteiger partial charge in [-0.25, -0.2) is 0 Å². The first kappa shape index (κ1) is 11.8. The lowest BCUT2D eigenvalue weighted by Crippen LogP contribution is -2.12. The number of hydrogen-bond donors (Lipinski definition) is 0. The number of para-hydroxylation sites is 2. The zero-order chi connectivity index (χ0) is 13.1. The van der Waals surface area contributed by atoms with Gasteiger partial charge in [0.05, 0.1) is 24.7 Å². The predicted octanol–water partition coefficient (Wildman–Crippen LogP) is 3.05. The second-order valence-electron chi connectivity index (χ2n) is 4.51. The Morgan fingerprint density at radius 3 is 2.84 bits per heavy atom. The van der Waals surface area contributed by atoms with Gasteiger partial charge in [0.1, 0.15) is 11.5 Å². The van der Waals surface area contributed by atoms with Gasteiger partial charge < -0.3 is 9.47 Å². The second kappa shape index (κ2) is 5.14. The van der Waals surface area contributed by atoms with Crippen molar-refractivity contribution in [2.45, 2.75) is 5.92 Å². The molecule has 0 amide bonds. The first-order chi connectivity index (χ1) is 9.38. The molecule has 0 N–H and O–H groups in total. The monoisotopic (exact) mass is 254 g/mol. The van der Waals surface area contributed by atoms with E-state index in [1.807, 2.05) is 36.4 Å². The van der Waals surface area contributed by atoms with Gasteiger partial charge in [-0.3, -0.25) is 4.79 Å². The van der Waals surface area contributed by atoms with Crippen LogP contribution in [0.2, 0.25) is 0 Å². The van der Waals surface area contributed by atoms with Gasteiger partial charge in [0, 0.05) is 5.56 Å². The average molecular weight is 254 g/mol. The molecule has 3 rings (SSSR count). The molecule has 0 saturated heterocycles. The van der Waals surface area contributed by atoms with E-state index in [-0.39, 0.29) is 5.92 Å². The summed E-state index contributed by atoms with van der Waals surface area (Å²) in [6, 6.07) is 15.2. The number of hydrogen-bond acceptors (Lipinski definition) is 3.